The maximum atomic E-state index is 2.90. The summed E-state index contributed by atoms with van der Waals surface area (Å²) in [6, 6.07) is 0.936. The zero-order chi connectivity index (χ0) is 15.0. The molecule has 23 heavy (non-hydrogen) atoms. The molecule has 1 saturated heterocycles. The molecule has 1 heterocycles. The van der Waals surface area contributed by atoms with Crippen molar-refractivity contribution in [1.82, 2.24) is 4.90 Å². The molecule has 3 rings (SSSR count). The van der Waals surface area contributed by atoms with Crippen LogP contribution in [-0.4, -0.2) is 24.0 Å². The van der Waals surface area contributed by atoms with Crippen molar-refractivity contribution in [2.75, 3.05) is 13.1 Å². The van der Waals surface area contributed by atoms with E-state index in [4.69, 9.17) is 0 Å². The van der Waals surface area contributed by atoms with Crippen molar-refractivity contribution in [3.8, 4) is 0 Å². The van der Waals surface area contributed by atoms with E-state index in [0.29, 0.717) is 0 Å². The first-order valence-electron chi connectivity index (χ1n) is 10.7. The van der Waals surface area contributed by atoms with Gasteiger partial charge in [-0.25, -0.2) is 0 Å². The van der Waals surface area contributed by atoms with Crippen LogP contribution < -0.4 is 0 Å². The van der Waals surface area contributed by atoms with Crippen LogP contribution in [0.25, 0.3) is 0 Å². The number of rotatable bonds is 2. The molecule has 0 spiro atoms. The van der Waals surface area contributed by atoms with Crippen molar-refractivity contribution in [2.24, 2.45) is 11.8 Å². The van der Waals surface area contributed by atoms with Crippen molar-refractivity contribution < 1.29 is 0 Å². The van der Waals surface area contributed by atoms with E-state index in [2.05, 4.69) is 4.90 Å². The molecule has 136 valence electrons. The van der Waals surface area contributed by atoms with E-state index < -0.39 is 0 Å². The van der Waals surface area contributed by atoms with Gasteiger partial charge in [0, 0.05) is 6.04 Å². The smallest absolute Gasteiger partial charge is 0.00952 e. The fraction of sp³-hybridized carbons (Fsp3) is 1.00. The molecule has 1 aliphatic heterocycles. The monoisotopic (exact) mass is 341 g/mol. The van der Waals surface area contributed by atoms with Crippen molar-refractivity contribution in [2.45, 2.75) is 109 Å². The quantitative estimate of drug-likeness (QED) is 0.547. The molecular weight excluding hydrogens is 302 g/mol. The normalized spacial score (nSPS) is 28.2. The lowest BCUT2D eigenvalue weighted by molar-refractivity contribution is 0.0845. The van der Waals surface area contributed by atoms with Crippen LogP contribution in [0, 0.1) is 11.8 Å². The summed E-state index contributed by atoms with van der Waals surface area (Å²) >= 11 is 0. The number of hydrogen-bond donors (Lipinski definition) is 0. The van der Waals surface area contributed by atoms with Gasteiger partial charge >= 0.3 is 0 Å². The van der Waals surface area contributed by atoms with Crippen LogP contribution in [0.5, 0.6) is 0 Å². The number of halogens is 1. The maximum Gasteiger partial charge on any atom is 0.00952 e. The Bertz CT molecular complexity index is 282. The van der Waals surface area contributed by atoms with Gasteiger partial charge in [-0.3, -0.25) is 0 Å². The summed E-state index contributed by atoms with van der Waals surface area (Å²) in [7, 11) is 0. The SMILES string of the molecule is C1CCCCC(N2CCC(C3CCCCC3)CC2)CCCC1.Cl. The summed E-state index contributed by atoms with van der Waals surface area (Å²) in [5.41, 5.74) is 0. The van der Waals surface area contributed by atoms with E-state index >= 15 is 0 Å². The Hall–Kier alpha value is 0.250. The van der Waals surface area contributed by atoms with Crippen LogP contribution in [0.2, 0.25) is 0 Å². The fourth-order valence-corrected chi connectivity index (χ4v) is 5.51. The van der Waals surface area contributed by atoms with E-state index in [9.17, 15) is 0 Å². The summed E-state index contributed by atoms with van der Waals surface area (Å²) < 4.78 is 0. The average Bonchev–Trinajstić information content (AvgIpc) is 2.60. The number of piperidine rings is 1. The third kappa shape index (κ3) is 6.24. The van der Waals surface area contributed by atoms with Gasteiger partial charge in [0.2, 0.25) is 0 Å². The Morgan fingerprint density at radius 1 is 0.435 bits per heavy atom. The highest BCUT2D eigenvalue weighted by atomic mass is 35.5. The fourth-order valence-electron chi connectivity index (χ4n) is 5.51. The molecule has 0 radical (unpaired) electrons. The standard InChI is InChI=1S/C21H39N.ClH/c1-2-4-9-13-21(14-10-5-3-1)22-17-15-20(16-18-22)19-11-7-6-8-12-19;/h19-21H,1-18H2;1H. The van der Waals surface area contributed by atoms with Gasteiger partial charge in [-0.1, -0.05) is 77.0 Å². The second kappa shape index (κ2) is 11.0. The Balaban J connectivity index is 0.00000192. The van der Waals surface area contributed by atoms with E-state index in [1.807, 2.05) is 0 Å². The van der Waals surface area contributed by atoms with Gasteiger partial charge in [0.1, 0.15) is 0 Å². The molecule has 0 aromatic heterocycles. The molecule has 3 fully saturated rings. The van der Waals surface area contributed by atoms with E-state index in [1.165, 1.54) is 103 Å². The van der Waals surface area contributed by atoms with Gasteiger partial charge in [0.05, 0.1) is 0 Å². The lowest BCUT2D eigenvalue weighted by Crippen LogP contribution is -2.43. The van der Waals surface area contributed by atoms with Gasteiger partial charge in [-0.2, -0.15) is 0 Å². The van der Waals surface area contributed by atoms with Gasteiger partial charge < -0.3 is 4.90 Å². The Morgan fingerprint density at radius 2 is 0.826 bits per heavy atom. The molecule has 0 atom stereocenters. The maximum absolute atomic E-state index is 2.90. The lowest BCUT2D eigenvalue weighted by atomic mass is 9.75. The Labute approximate surface area is 151 Å². The molecular formula is C21H40ClN. The Kier molecular flexibility index (Phi) is 9.34. The van der Waals surface area contributed by atoms with E-state index in [0.717, 1.165) is 17.9 Å². The van der Waals surface area contributed by atoms with Crippen molar-refractivity contribution in [1.29, 1.82) is 0 Å². The molecule has 0 N–H and O–H groups in total. The van der Waals surface area contributed by atoms with E-state index in [-0.39, 0.29) is 12.4 Å². The first-order chi connectivity index (χ1) is 10.9. The largest absolute Gasteiger partial charge is 0.300 e. The first-order valence-corrected chi connectivity index (χ1v) is 10.7. The van der Waals surface area contributed by atoms with Gasteiger partial charge in [-0.05, 0) is 50.6 Å². The molecule has 0 bridgehead atoms. The molecule has 3 aliphatic rings. The summed E-state index contributed by atoms with van der Waals surface area (Å²) in [4.78, 5) is 2.90. The summed E-state index contributed by atoms with van der Waals surface area (Å²) in [6.07, 6.45) is 24.1. The Morgan fingerprint density at radius 3 is 1.39 bits per heavy atom. The van der Waals surface area contributed by atoms with Crippen LogP contribution in [0.15, 0.2) is 0 Å². The summed E-state index contributed by atoms with van der Waals surface area (Å²) in [5, 5.41) is 0. The van der Waals surface area contributed by atoms with Crippen LogP contribution >= 0.6 is 12.4 Å². The molecule has 0 unspecified atom stereocenters. The van der Waals surface area contributed by atoms with Crippen molar-refractivity contribution in [3.63, 3.8) is 0 Å². The van der Waals surface area contributed by atoms with Gasteiger partial charge in [0.25, 0.3) is 0 Å². The summed E-state index contributed by atoms with van der Waals surface area (Å²) in [5.74, 6) is 2.18. The predicted molar refractivity (Wildman–Crippen MR) is 103 cm³/mol. The summed E-state index contributed by atoms with van der Waals surface area (Å²) in [6.45, 7) is 2.84. The average molecular weight is 342 g/mol. The molecule has 0 amide bonds. The third-order valence-corrected chi connectivity index (χ3v) is 6.98. The van der Waals surface area contributed by atoms with Crippen molar-refractivity contribution >= 4 is 12.4 Å². The van der Waals surface area contributed by atoms with E-state index in [1.54, 1.807) is 12.8 Å². The first kappa shape index (κ1) is 19.6. The minimum Gasteiger partial charge on any atom is -0.300 e. The van der Waals surface area contributed by atoms with Crippen LogP contribution in [0.3, 0.4) is 0 Å². The van der Waals surface area contributed by atoms with Crippen molar-refractivity contribution in [3.05, 3.63) is 0 Å². The highest BCUT2D eigenvalue weighted by molar-refractivity contribution is 5.85. The third-order valence-electron chi connectivity index (χ3n) is 6.98. The number of nitrogens with zero attached hydrogens (tertiary/aromatic N) is 1. The minimum atomic E-state index is 0. The minimum absolute atomic E-state index is 0. The highest BCUT2D eigenvalue weighted by Gasteiger charge is 2.29. The second-order valence-corrected chi connectivity index (χ2v) is 8.48. The number of likely N-dealkylation sites (tertiary alicyclic amines) is 1. The van der Waals surface area contributed by atoms with Crippen LogP contribution in [-0.2, 0) is 0 Å². The molecule has 0 aromatic carbocycles. The predicted octanol–water partition coefficient (Wildman–Crippen LogP) is 6.59. The second-order valence-electron chi connectivity index (χ2n) is 8.48. The lowest BCUT2D eigenvalue weighted by Gasteiger charge is -2.41. The number of hydrogen-bond acceptors (Lipinski definition) is 1. The topological polar surface area (TPSA) is 3.24 Å². The molecule has 2 heteroatoms. The molecule has 1 nitrogen and oxygen atoms in total. The van der Waals surface area contributed by atoms with Crippen LogP contribution in [0.1, 0.15) is 103 Å². The zero-order valence-electron chi connectivity index (χ0n) is 15.3. The van der Waals surface area contributed by atoms with Crippen LogP contribution in [0.4, 0.5) is 0 Å². The zero-order valence-corrected chi connectivity index (χ0v) is 16.1. The molecule has 2 aliphatic carbocycles. The highest BCUT2D eigenvalue weighted by Crippen LogP contribution is 2.36. The molecule has 2 saturated carbocycles. The van der Waals surface area contributed by atoms with Gasteiger partial charge in [-0.15, -0.1) is 12.4 Å². The molecule has 0 aromatic rings. The van der Waals surface area contributed by atoms with Gasteiger partial charge in [0.15, 0.2) is 0 Å².